The van der Waals surface area contributed by atoms with Crippen LogP contribution in [0.2, 0.25) is 0 Å². The first-order valence-electron chi connectivity index (χ1n) is 8.51. The van der Waals surface area contributed by atoms with Crippen molar-refractivity contribution in [3.63, 3.8) is 0 Å². The molecule has 5 nitrogen and oxygen atoms in total. The predicted molar refractivity (Wildman–Crippen MR) is 96.8 cm³/mol. The molecule has 0 bridgehead atoms. The molecule has 134 valence electrons. The van der Waals surface area contributed by atoms with Gasteiger partial charge in [-0.25, -0.2) is 4.79 Å². The van der Waals surface area contributed by atoms with E-state index < -0.39 is 12.1 Å². The average molecular weight is 343 g/mol. The van der Waals surface area contributed by atoms with E-state index in [9.17, 15) is 9.59 Å². The molecule has 0 unspecified atom stereocenters. The molecule has 0 aliphatic heterocycles. The third-order valence-electron chi connectivity index (χ3n) is 4.28. The van der Waals surface area contributed by atoms with Crippen LogP contribution in [0.25, 0.3) is 0 Å². The summed E-state index contributed by atoms with van der Waals surface area (Å²) < 4.78 is 10.6. The van der Waals surface area contributed by atoms with Gasteiger partial charge in [0, 0.05) is 5.69 Å². The highest BCUT2D eigenvalue weighted by atomic mass is 16.5. The molecule has 25 heavy (non-hydrogen) atoms. The Morgan fingerprint density at radius 2 is 1.88 bits per heavy atom. The molecule has 1 aromatic carbocycles. The van der Waals surface area contributed by atoms with Crippen LogP contribution in [-0.2, 0) is 9.53 Å². The summed E-state index contributed by atoms with van der Waals surface area (Å²) in [5, 5.41) is 2.86. The molecule has 2 atom stereocenters. The fourth-order valence-electron chi connectivity index (χ4n) is 2.61. The van der Waals surface area contributed by atoms with Crippen molar-refractivity contribution >= 4 is 17.6 Å². The van der Waals surface area contributed by atoms with E-state index >= 15 is 0 Å². The minimum Gasteiger partial charge on any atom is -0.466 e. The summed E-state index contributed by atoms with van der Waals surface area (Å²) >= 11 is 0. The Hall–Kier alpha value is -2.56. The van der Waals surface area contributed by atoms with Gasteiger partial charge in [0.25, 0.3) is 5.91 Å². The normalized spacial score (nSPS) is 13.2. The van der Waals surface area contributed by atoms with Crippen LogP contribution >= 0.6 is 0 Å². The number of furan rings is 1. The monoisotopic (exact) mass is 343 g/mol. The maximum Gasteiger partial charge on any atom is 0.342 e. The van der Waals surface area contributed by atoms with Crippen molar-refractivity contribution < 1.29 is 18.7 Å². The van der Waals surface area contributed by atoms with Gasteiger partial charge in [-0.3, -0.25) is 4.79 Å². The molecule has 0 radical (unpaired) electrons. The minimum atomic E-state index is -0.910. The summed E-state index contributed by atoms with van der Waals surface area (Å²) in [5.74, 6) is 0.515. The van der Waals surface area contributed by atoms with Gasteiger partial charge in [-0.2, -0.15) is 0 Å². The van der Waals surface area contributed by atoms with Crippen molar-refractivity contribution in [2.24, 2.45) is 0 Å². The number of amides is 1. The number of hydrogen-bond acceptors (Lipinski definition) is 4. The Bertz CT molecular complexity index is 763. The van der Waals surface area contributed by atoms with E-state index in [4.69, 9.17) is 9.15 Å². The zero-order valence-corrected chi connectivity index (χ0v) is 15.4. The van der Waals surface area contributed by atoms with Crippen molar-refractivity contribution in [2.75, 3.05) is 5.32 Å². The molecule has 2 rings (SSSR count). The minimum absolute atomic E-state index is 0.325. The van der Waals surface area contributed by atoms with Crippen molar-refractivity contribution in [3.05, 3.63) is 53.0 Å². The summed E-state index contributed by atoms with van der Waals surface area (Å²) in [4.78, 5) is 24.6. The van der Waals surface area contributed by atoms with Gasteiger partial charge >= 0.3 is 5.97 Å². The lowest BCUT2D eigenvalue weighted by Crippen LogP contribution is -2.30. The number of ether oxygens (including phenoxy) is 1. The number of carbonyl (C=O) groups is 2. The van der Waals surface area contributed by atoms with Gasteiger partial charge < -0.3 is 14.5 Å². The van der Waals surface area contributed by atoms with Crippen LogP contribution in [0.3, 0.4) is 0 Å². The van der Waals surface area contributed by atoms with E-state index in [0.717, 1.165) is 17.7 Å². The number of esters is 1. The maximum atomic E-state index is 12.4. The molecule has 0 fully saturated rings. The van der Waals surface area contributed by atoms with Gasteiger partial charge in [0.2, 0.25) is 0 Å². The maximum absolute atomic E-state index is 12.4. The summed E-state index contributed by atoms with van der Waals surface area (Å²) in [6.07, 6.45) is 0.0587. The van der Waals surface area contributed by atoms with Gasteiger partial charge in [-0.05, 0) is 50.8 Å². The lowest BCUT2D eigenvalue weighted by atomic mass is 9.97. The first kappa shape index (κ1) is 18.8. The third kappa shape index (κ3) is 4.50. The average Bonchev–Trinajstić information content (AvgIpc) is 2.93. The van der Waals surface area contributed by atoms with Crippen LogP contribution < -0.4 is 5.32 Å². The lowest BCUT2D eigenvalue weighted by Gasteiger charge is -2.18. The lowest BCUT2D eigenvalue weighted by molar-refractivity contribution is -0.123. The molecule has 1 amide bonds. The number of carbonyl (C=O) groups excluding carboxylic acids is 2. The smallest absolute Gasteiger partial charge is 0.342 e. The van der Waals surface area contributed by atoms with Crippen LogP contribution in [-0.4, -0.2) is 18.0 Å². The zero-order valence-electron chi connectivity index (χ0n) is 15.4. The molecule has 0 aliphatic carbocycles. The molecule has 0 aliphatic rings. The van der Waals surface area contributed by atoms with E-state index in [2.05, 4.69) is 19.2 Å². The zero-order chi connectivity index (χ0) is 18.6. The molecule has 0 spiro atoms. The van der Waals surface area contributed by atoms with E-state index in [1.165, 1.54) is 0 Å². The summed E-state index contributed by atoms with van der Waals surface area (Å²) in [6.45, 7) is 9.21. The highest BCUT2D eigenvalue weighted by Crippen LogP contribution is 2.26. The van der Waals surface area contributed by atoms with E-state index in [0.29, 0.717) is 23.0 Å². The van der Waals surface area contributed by atoms with Crippen LogP contribution in [0.15, 0.2) is 34.7 Å². The highest BCUT2D eigenvalue weighted by molar-refractivity contribution is 5.98. The standard InChI is InChI=1S/C20H25NO4/c1-6-12(2)16-9-7-8-10-18(16)21-19(22)15(5)25-20(23)17-11-13(3)24-14(17)4/h7-12,15H,6H2,1-5H3,(H,21,22)/t12-,15+/m0/s1. The number of hydrogen-bond donors (Lipinski definition) is 1. The Morgan fingerprint density at radius 1 is 1.20 bits per heavy atom. The highest BCUT2D eigenvalue weighted by Gasteiger charge is 2.23. The van der Waals surface area contributed by atoms with Crippen molar-refractivity contribution in [2.45, 2.75) is 53.1 Å². The fourth-order valence-corrected chi connectivity index (χ4v) is 2.61. The number of nitrogens with one attached hydrogen (secondary N) is 1. The number of benzene rings is 1. The third-order valence-corrected chi connectivity index (χ3v) is 4.28. The molecule has 5 heteroatoms. The summed E-state index contributed by atoms with van der Waals surface area (Å²) in [6, 6.07) is 9.29. The van der Waals surface area contributed by atoms with Crippen LogP contribution in [0.1, 0.15) is 60.6 Å². The summed E-state index contributed by atoms with van der Waals surface area (Å²) in [5.41, 5.74) is 2.16. The molecule has 1 heterocycles. The SMILES string of the molecule is CC[C@H](C)c1ccccc1NC(=O)[C@@H](C)OC(=O)c1cc(C)oc1C. The Kier molecular flexibility index (Phi) is 6.02. The second-order valence-corrected chi connectivity index (χ2v) is 6.26. The molecule has 0 saturated heterocycles. The first-order valence-corrected chi connectivity index (χ1v) is 8.51. The topological polar surface area (TPSA) is 68.5 Å². The molecule has 0 saturated carbocycles. The molecular formula is C20H25NO4. The summed E-state index contributed by atoms with van der Waals surface area (Å²) in [7, 11) is 0. The van der Waals surface area contributed by atoms with Gasteiger partial charge in [0.05, 0.1) is 0 Å². The predicted octanol–water partition coefficient (Wildman–Crippen LogP) is 4.59. The number of rotatable bonds is 6. The van der Waals surface area contributed by atoms with Crippen LogP contribution in [0.4, 0.5) is 5.69 Å². The number of aryl methyl sites for hydroxylation is 2. The van der Waals surface area contributed by atoms with Crippen LogP contribution in [0.5, 0.6) is 0 Å². The number of anilines is 1. The van der Waals surface area contributed by atoms with E-state index in [1.807, 2.05) is 24.3 Å². The van der Waals surface area contributed by atoms with Crippen molar-refractivity contribution in [1.29, 1.82) is 0 Å². The van der Waals surface area contributed by atoms with Gasteiger partial charge in [-0.15, -0.1) is 0 Å². The number of para-hydroxylation sites is 1. The Morgan fingerprint density at radius 3 is 2.48 bits per heavy atom. The second-order valence-electron chi connectivity index (χ2n) is 6.26. The fraction of sp³-hybridized carbons (Fsp3) is 0.400. The molecular weight excluding hydrogens is 318 g/mol. The van der Waals surface area contributed by atoms with E-state index in [-0.39, 0.29) is 5.91 Å². The van der Waals surface area contributed by atoms with Gasteiger partial charge in [0.1, 0.15) is 17.1 Å². The molecule has 1 aromatic heterocycles. The molecule has 1 N–H and O–H groups in total. The first-order chi connectivity index (χ1) is 11.8. The van der Waals surface area contributed by atoms with Gasteiger partial charge in [0.15, 0.2) is 6.10 Å². The van der Waals surface area contributed by atoms with Gasteiger partial charge in [-0.1, -0.05) is 32.0 Å². The van der Waals surface area contributed by atoms with Crippen molar-refractivity contribution in [1.82, 2.24) is 0 Å². The largest absolute Gasteiger partial charge is 0.466 e. The van der Waals surface area contributed by atoms with Crippen molar-refractivity contribution in [3.8, 4) is 0 Å². The Balaban J connectivity index is 2.06. The molecule has 2 aromatic rings. The van der Waals surface area contributed by atoms with E-state index in [1.54, 1.807) is 26.8 Å². The second kappa shape index (κ2) is 8.01. The van der Waals surface area contributed by atoms with Crippen LogP contribution in [0, 0.1) is 13.8 Å². The Labute approximate surface area is 148 Å². The quantitative estimate of drug-likeness (QED) is 0.779.